The van der Waals surface area contributed by atoms with Crippen LogP contribution in [0.25, 0.3) is 27.8 Å². The van der Waals surface area contributed by atoms with Crippen LogP contribution in [0.5, 0.6) is 0 Å². The minimum atomic E-state index is -0.835. The number of hydrogen-bond acceptors (Lipinski definition) is 0. The van der Waals surface area contributed by atoms with E-state index < -0.39 is 11.6 Å². The highest BCUT2D eigenvalue weighted by molar-refractivity contribution is 5.74. The topological polar surface area (TPSA) is 0 Å². The number of halogens is 3. The van der Waals surface area contributed by atoms with Crippen molar-refractivity contribution in [1.29, 1.82) is 0 Å². The van der Waals surface area contributed by atoms with Crippen molar-refractivity contribution in [3.63, 3.8) is 0 Å². The van der Waals surface area contributed by atoms with E-state index in [2.05, 4.69) is 13.0 Å². The Labute approximate surface area is 250 Å². The lowest BCUT2D eigenvalue weighted by Crippen LogP contribution is -2.23. The smallest absolute Gasteiger partial charge is 0.166 e. The van der Waals surface area contributed by atoms with E-state index in [1.165, 1.54) is 51.4 Å². The molecule has 0 heterocycles. The summed E-state index contributed by atoms with van der Waals surface area (Å²) < 4.78 is 44.8. The Morgan fingerprint density at radius 1 is 0.738 bits per heavy atom. The fourth-order valence-corrected chi connectivity index (χ4v) is 7.17. The molecular formula is C39H45F3. The summed E-state index contributed by atoms with van der Waals surface area (Å²) in [6, 6.07) is 16.0. The van der Waals surface area contributed by atoms with E-state index in [0.717, 1.165) is 53.7 Å². The van der Waals surface area contributed by atoms with Crippen LogP contribution < -0.4 is 0 Å². The van der Waals surface area contributed by atoms with Gasteiger partial charge >= 0.3 is 0 Å². The van der Waals surface area contributed by atoms with Gasteiger partial charge in [0.25, 0.3) is 0 Å². The van der Waals surface area contributed by atoms with Crippen molar-refractivity contribution >= 4 is 5.57 Å². The second-order valence-corrected chi connectivity index (χ2v) is 12.5. The van der Waals surface area contributed by atoms with Crippen molar-refractivity contribution in [2.75, 3.05) is 0 Å². The van der Waals surface area contributed by atoms with Crippen LogP contribution in [0.15, 0.2) is 72.8 Å². The lowest BCUT2D eigenvalue weighted by atomic mass is 9.70. The molecule has 3 heteroatoms. The van der Waals surface area contributed by atoms with Crippen molar-refractivity contribution in [3.8, 4) is 22.3 Å². The molecule has 42 heavy (non-hydrogen) atoms. The van der Waals surface area contributed by atoms with Crippen molar-refractivity contribution < 1.29 is 13.2 Å². The van der Waals surface area contributed by atoms with Gasteiger partial charge in [0.2, 0.25) is 0 Å². The van der Waals surface area contributed by atoms with Crippen LogP contribution in [-0.2, 0) is 6.42 Å². The number of hydrogen-bond donors (Lipinski definition) is 0. The van der Waals surface area contributed by atoms with Gasteiger partial charge in [-0.05, 0) is 97.1 Å². The maximum Gasteiger partial charge on any atom is 0.166 e. The van der Waals surface area contributed by atoms with E-state index >= 15 is 4.39 Å². The molecule has 0 radical (unpaired) electrons. The van der Waals surface area contributed by atoms with Gasteiger partial charge in [0.1, 0.15) is 5.82 Å². The summed E-state index contributed by atoms with van der Waals surface area (Å²) in [6.07, 6.45) is 20.5. The van der Waals surface area contributed by atoms with E-state index in [0.29, 0.717) is 23.1 Å². The molecule has 3 aromatic rings. The summed E-state index contributed by atoms with van der Waals surface area (Å²) in [5.41, 5.74) is 4.63. The first-order chi connectivity index (χ1) is 20.5. The zero-order chi connectivity index (χ0) is 29.5. The van der Waals surface area contributed by atoms with Gasteiger partial charge in [-0.1, -0.05) is 112 Å². The molecule has 5 rings (SSSR count). The lowest BCUT2D eigenvalue weighted by molar-refractivity contribution is 0.187. The quantitative estimate of drug-likeness (QED) is 0.168. The van der Waals surface area contributed by atoms with Crippen LogP contribution in [0.3, 0.4) is 0 Å². The Kier molecular flexibility index (Phi) is 10.4. The van der Waals surface area contributed by atoms with Gasteiger partial charge in [-0.3, -0.25) is 0 Å². The Bertz CT molecular complexity index is 1390. The average Bonchev–Trinajstić information content (AvgIpc) is 3.02. The van der Waals surface area contributed by atoms with Gasteiger partial charge < -0.3 is 0 Å². The van der Waals surface area contributed by atoms with Gasteiger partial charge in [0.15, 0.2) is 11.6 Å². The van der Waals surface area contributed by atoms with Crippen molar-refractivity contribution in [1.82, 2.24) is 0 Å². The van der Waals surface area contributed by atoms with Crippen molar-refractivity contribution in [2.24, 2.45) is 17.8 Å². The molecule has 0 saturated heterocycles. The summed E-state index contributed by atoms with van der Waals surface area (Å²) in [6.45, 7) is 4.13. The van der Waals surface area contributed by atoms with E-state index in [1.807, 2.05) is 37.3 Å². The zero-order valence-electron chi connectivity index (χ0n) is 25.3. The second kappa shape index (κ2) is 14.4. The first-order valence-corrected chi connectivity index (χ1v) is 16.2. The van der Waals surface area contributed by atoms with Crippen LogP contribution in [-0.4, -0.2) is 0 Å². The van der Waals surface area contributed by atoms with Gasteiger partial charge in [-0.15, -0.1) is 0 Å². The molecule has 2 aliphatic carbocycles. The predicted octanol–water partition coefficient (Wildman–Crippen LogP) is 12.1. The molecule has 0 aliphatic heterocycles. The van der Waals surface area contributed by atoms with Crippen molar-refractivity contribution in [3.05, 3.63) is 101 Å². The molecule has 0 spiro atoms. The third kappa shape index (κ3) is 7.10. The van der Waals surface area contributed by atoms with Crippen LogP contribution in [0.1, 0.15) is 95.6 Å². The zero-order valence-corrected chi connectivity index (χ0v) is 25.3. The molecule has 1 atom stereocenters. The molecule has 0 amide bonds. The van der Waals surface area contributed by atoms with E-state index in [4.69, 9.17) is 0 Å². The lowest BCUT2D eigenvalue weighted by Gasteiger charge is -2.35. The van der Waals surface area contributed by atoms with Crippen LogP contribution in [0.2, 0.25) is 0 Å². The number of rotatable bonds is 10. The summed E-state index contributed by atoms with van der Waals surface area (Å²) in [5, 5.41) is 0. The van der Waals surface area contributed by atoms with E-state index in [-0.39, 0.29) is 11.4 Å². The van der Waals surface area contributed by atoms with E-state index in [1.54, 1.807) is 36.4 Å². The summed E-state index contributed by atoms with van der Waals surface area (Å²) >= 11 is 0. The summed E-state index contributed by atoms with van der Waals surface area (Å²) in [5.74, 6) is 0.684. The third-order valence-electron chi connectivity index (χ3n) is 9.81. The van der Waals surface area contributed by atoms with Gasteiger partial charge in [0.05, 0.1) is 0 Å². The first-order valence-electron chi connectivity index (χ1n) is 16.2. The Hall–Kier alpha value is -3.07. The van der Waals surface area contributed by atoms with Gasteiger partial charge in [0, 0.05) is 11.1 Å². The maximum atomic E-state index is 15.4. The number of benzene rings is 3. The molecule has 0 bridgehead atoms. The number of unbranched alkanes of at least 4 members (excludes halogenated alkanes) is 2. The monoisotopic (exact) mass is 570 g/mol. The fraction of sp³-hybridized carbons (Fsp3) is 0.436. The van der Waals surface area contributed by atoms with Crippen LogP contribution >= 0.6 is 0 Å². The Morgan fingerprint density at radius 3 is 2.12 bits per heavy atom. The summed E-state index contributed by atoms with van der Waals surface area (Å²) in [4.78, 5) is 0. The van der Waals surface area contributed by atoms with Crippen LogP contribution in [0.4, 0.5) is 13.2 Å². The molecular weight excluding hydrogens is 525 g/mol. The molecule has 1 unspecified atom stereocenters. The predicted molar refractivity (Wildman–Crippen MR) is 171 cm³/mol. The highest BCUT2D eigenvalue weighted by Crippen LogP contribution is 2.43. The number of allylic oxidation sites excluding steroid dienone is 4. The minimum absolute atomic E-state index is 0.196. The molecule has 0 aromatic heterocycles. The molecule has 3 aromatic carbocycles. The average molecular weight is 571 g/mol. The molecule has 0 nitrogen and oxygen atoms in total. The summed E-state index contributed by atoms with van der Waals surface area (Å²) in [7, 11) is 0. The van der Waals surface area contributed by atoms with Crippen LogP contribution in [0, 0.1) is 35.2 Å². The molecule has 1 fully saturated rings. The largest absolute Gasteiger partial charge is 0.206 e. The standard InChI is InChI=1S/C39H45F3/c1-3-5-7-8-27-10-12-28(13-11-27)29-14-18-31(19-15-29)35-24-23-34(26-37(35)40)30-16-20-32(21-17-30)36-25-22-33(9-6-4-2)38(41)39(36)42/h4,6,16-18,20-29H,3,5,7-15,19H2,1-2H3/b6-4-. The second-order valence-electron chi connectivity index (χ2n) is 12.5. The van der Waals surface area contributed by atoms with Gasteiger partial charge in [-0.25, -0.2) is 13.2 Å². The minimum Gasteiger partial charge on any atom is -0.206 e. The Morgan fingerprint density at radius 2 is 1.45 bits per heavy atom. The fourth-order valence-electron chi connectivity index (χ4n) is 7.17. The highest BCUT2D eigenvalue weighted by Gasteiger charge is 2.29. The van der Waals surface area contributed by atoms with E-state index in [9.17, 15) is 8.78 Å². The maximum absolute atomic E-state index is 15.4. The third-order valence-corrected chi connectivity index (χ3v) is 9.81. The Balaban J connectivity index is 1.21. The SMILES string of the molecule is C/C=C\Cc1ccc(-c2ccc(-c3ccc(C4=CCC(C5CCC(CCCCC)CC5)CC4)c(F)c3)cc2)c(F)c1F. The molecule has 0 N–H and O–H groups in total. The normalized spacial score (nSPS) is 21.1. The van der Waals surface area contributed by atoms with Crippen molar-refractivity contribution in [2.45, 2.75) is 90.9 Å². The van der Waals surface area contributed by atoms with Gasteiger partial charge in [-0.2, -0.15) is 0 Å². The first kappa shape index (κ1) is 30.4. The highest BCUT2D eigenvalue weighted by atomic mass is 19.2. The molecule has 2 aliphatic rings. The molecule has 222 valence electrons. The molecule has 1 saturated carbocycles.